The zero-order valence-electron chi connectivity index (χ0n) is 16.5. The van der Waals surface area contributed by atoms with Crippen molar-refractivity contribution in [3.8, 4) is 5.75 Å². The van der Waals surface area contributed by atoms with Gasteiger partial charge in [-0.3, -0.25) is 14.6 Å². The second-order valence-corrected chi connectivity index (χ2v) is 7.00. The average Bonchev–Trinajstić information content (AvgIpc) is 2.79. The van der Waals surface area contributed by atoms with Gasteiger partial charge >= 0.3 is 0 Å². The Bertz CT molecular complexity index is 917. The summed E-state index contributed by atoms with van der Waals surface area (Å²) in [5.74, 6) is 1.04. The Morgan fingerprint density at radius 3 is 2.45 bits per heavy atom. The Balaban J connectivity index is 1.43. The number of hydrogen-bond donors (Lipinski definition) is 1. The highest BCUT2D eigenvalue weighted by Crippen LogP contribution is 2.28. The summed E-state index contributed by atoms with van der Waals surface area (Å²) in [6, 6.07) is 7.94. The minimum Gasteiger partial charge on any atom is -0.495 e. The Kier molecular flexibility index (Phi) is 5.66. The number of anilines is 2. The number of carbonyl (C=O) groups excluding carboxylic acids is 1. The third-order valence-corrected chi connectivity index (χ3v) is 5.32. The van der Waals surface area contributed by atoms with E-state index in [9.17, 15) is 9.59 Å². The lowest BCUT2D eigenvalue weighted by atomic mass is 10.2. The number of piperazine rings is 1. The van der Waals surface area contributed by atoms with Crippen molar-refractivity contribution in [2.75, 3.05) is 69.4 Å². The molecule has 2 fully saturated rings. The molecule has 2 aliphatic heterocycles. The average molecular weight is 399 g/mol. The minimum atomic E-state index is -0.404. The van der Waals surface area contributed by atoms with E-state index in [-0.39, 0.29) is 11.5 Å². The second-order valence-electron chi connectivity index (χ2n) is 7.00. The Morgan fingerprint density at radius 2 is 1.76 bits per heavy atom. The van der Waals surface area contributed by atoms with Gasteiger partial charge in [-0.05, 0) is 12.1 Å². The Morgan fingerprint density at radius 1 is 1.07 bits per heavy atom. The van der Waals surface area contributed by atoms with E-state index >= 15 is 0 Å². The van der Waals surface area contributed by atoms with Gasteiger partial charge in [0.05, 0.1) is 26.0 Å². The van der Waals surface area contributed by atoms with Gasteiger partial charge in [-0.25, -0.2) is 4.98 Å². The number of nitrogens with one attached hydrogen (secondary N) is 1. The summed E-state index contributed by atoms with van der Waals surface area (Å²) in [6.07, 6.45) is 1.39. The van der Waals surface area contributed by atoms with E-state index < -0.39 is 5.56 Å². The highest BCUT2D eigenvalue weighted by atomic mass is 16.5. The van der Waals surface area contributed by atoms with E-state index in [1.54, 1.807) is 12.0 Å². The van der Waals surface area contributed by atoms with Crippen LogP contribution in [0.5, 0.6) is 5.75 Å². The number of ether oxygens (including phenoxy) is 2. The van der Waals surface area contributed by atoms with Gasteiger partial charge in [0.1, 0.15) is 11.3 Å². The van der Waals surface area contributed by atoms with Crippen molar-refractivity contribution in [2.45, 2.75) is 0 Å². The van der Waals surface area contributed by atoms with Gasteiger partial charge in [-0.2, -0.15) is 0 Å². The maximum Gasteiger partial charge on any atom is 0.265 e. The van der Waals surface area contributed by atoms with Gasteiger partial charge in [0.25, 0.3) is 11.5 Å². The summed E-state index contributed by atoms with van der Waals surface area (Å²) in [4.78, 5) is 38.1. The Hall–Kier alpha value is -3.07. The van der Waals surface area contributed by atoms with Crippen LogP contribution in [0.4, 0.5) is 11.6 Å². The molecule has 0 bridgehead atoms. The number of benzene rings is 1. The van der Waals surface area contributed by atoms with Crippen molar-refractivity contribution < 1.29 is 14.3 Å². The monoisotopic (exact) mass is 399 g/mol. The molecule has 0 unspecified atom stereocenters. The fourth-order valence-corrected chi connectivity index (χ4v) is 3.69. The zero-order chi connectivity index (χ0) is 20.2. The third kappa shape index (κ3) is 4.04. The van der Waals surface area contributed by atoms with Crippen LogP contribution < -0.4 is 20.1 Å². The lowest BCUT2D eigenvalue weighted by molar-refractivity contribution is 0.0301. The SMILES string of the molecule is COc1ccccc1N1CCN(c2ncc(C(=O)N3CCOCC3)c(=O)[nH]2)CC1. The van der Waals surface area contributed by atoms with Crippen molar-refractivity contribution in [1.82, 2.24) is 14.9 Å². The predicted molar refractivity (Wildman–Crippen MR) is 109 cm³/mol. The molecule has 0 spiro atoms. The molecule has 0 atom stereocenters. The number of nitrogens with zero attached hydrogens (tertiary/aromatic N) is 4. The van der Waals surface area contributed by atoms with Crippen LogP contribution in [0.1, 0.15) is 10.4 Å². The molecule has 9 nitrogen and oxygen atoms in total. The van der Waals surface area contributed by atoms with E-state index in [2.05, 4.69) is 14.9 Å². The van der Waals surface area contributed by atoms with Gasteiger partial charge in [0.2, 0.25) is 5.95 Å². The molecule has 0 radical (unpaired) electrons. The maximum atomic E-state index is 12.5. The van der Waals surface area contributed by atoms with E-state index in [1.807, 2.05) is 29.2 Å². The Labute approximate surface area is 168 Å². The van der Waals surface area contributed by atoms with E-state index in [0.29, 0.717) is 45.3 Å². The van der Waals surface area contributed by atoms with Crippen molar-refractivity contribution in [2.24, 2.45) is 0 Å². The van der Waals surface area contributed by atoms with Gasteiger partial charge in [-0.15, -0.1) is 0 Å². The van der Waals surface area contributed by atoms with Crippen LogP contribution >= 0.6 is 0 Å². The van der Waals surface area contributed by atoms with Crippen molar-refractivity contribution in [1.29, 1.82) is 0 Å². The van der Waals surface area contributed by atoms with E-state index in [4.69, 9.17) is 9.47 Å². The molecule has 1 amide bonds. The fourth-order valence-electron chi connectivity index (χ4n) is 3.69. The van der Waals surface area contributed by atoms with Crippen molar-refractivity contribution in [3.63, 3.8) is 0 Å². The van der Waals surface area contributed by atoms with E-state index in [0.717, 1.165) is 24.5 Å². The smallest absolute Gasteiger partial charge is 0.265 e. The van der Waals surface area contributed by atoms with Crippen LogP contribution in [0.3, 0.4) is 0 Å². The summed E-state index contributed by atoms with van der Waals surface area (Å²) in [6.45, 7) is 4.93. The van der Waals surface area contributed by atoms with Gasteiger partial charge < -0.3 is 24.2 Å². The molecule has 0 aliphatic carbocycles. The number of para-hydroxylation sites is 2. The van der Waals surface area contributed by atoms with Crippen molar-refractivity contribution >= 4 is 17.5 Å². The number of hydrogen-bond acceptors (Lipinski definition) is 7. The molecule has 1 N–H and O–H groups in total. The fraction of sp³-hybridized carbons (Fsp3) is 0.450. The molecule has 4 rings (SSSR count). The normalized spacial score (nSPS) is 17.3. The summed E-state index contributed by atoms with van der Waals surface area (Å²) >= 11 is 0. The number of H-pyrrole nitrogens is 1. The predicted octanol–water partition coefficient (Wildman–Crippen LogP) is 0.578. The van der Waals surface area contributed by atoms with Gasteiger partial charge in [-0.1, -0.05) is 12.1 Å². The number of rotatable bonds is 4. The number of aromatic amines is 1. The van der Waals surface area contributed by atoms with Crippen LogP contribution in [0.15, 0.2) is 35.3 Å². The molecule has 2 aliphatic rings. The lowest BCUT2D eigenvalue weighted by Crippen LogP contribution is -2.48. The number of carbonyl (C=O) groups is 1. The van der Waals surface area contributed by atoms with Crippen LogP contribution in [-0.2, 0) is 4.74 Å². The number of morpholine rings is 1. The number of methoxy groups -OCH3 is 1. The van der Waals surface area contributed by atoms with Gasteiger partial charge in [0.15, 0.2) is 0 Å². The van der Waals surface area contributed by atoms with Crippen LogP contribution in [0.25, 0.3) is 0 Å². The molecular formula is C20H25N5O4. The minimum absolute atomic E-state index is 0.0725. The molecule has 1 aromatic carbocycles. The number of aromatic nitrogens is 2. The third-order valence-electron chi connectivity index (χ3n) is 5.32. The van der Waals surface area contributed by atoms with Crippen LogP contribution in [-0.4, -0.2) is 80.4 Å². The molecule has 154 valence electrons. The number of amides is 1. The first-order valence-corrected chi connectivity index (χ1v) is 9.76. The molecule has 9 heteroatoms. The quantitative estimate of drug-likeness (QED) is 0.804. The topological polar surface area (TPSA) is 91.0 Å². The molecule has 1 aromatic heterocycles. The molecule has 3 heterocycles. The maximum absolute atomic E-state index is 12.5. The van der Waals surface area contributed by atoms with Crippen molar-refractivity contribution in [3.05, 3.63) is 46.4 Å². The first-order valence-electron chi connectivity index (χ1n) is 9.76. The molecule has 2 saturated heterocycles. The van der Waals surface area contributed by atoms with Crippen LogP contribution in [0.2, 0.25) is 0 Å². The molecular weight excluding hydrogens is 374 g/mol. The zero-order valence-corrected chi connectivity index (χ0v) is 16.5. The largest absolute Gasteiger partial charge is 0.495 e. The highest BCUT2D eigenvalue weighted by molar-refractivity contribution is 5.93. The molecule has 0 saturated carbocycles. The highest BCUT2D eigenvalue weighted by Gasteiger charge is 2.24. The molecule has 2 aromatic rings. The first-order chi connectivity index (χ1) is 14.2. The summed E-state index contributed by atoms with van der Waals surface area (Å²) in [7, 11) is 1.67. The standard InChI is InChI=1S/C20H25N5O4/c1-28-17-5-3-2-4-16(17)23-6-8-25(9-7-23)20-21-14-15(18(26)22-20)19(27)24-10-12-29-13-11-24/h2-5,14H,6-13H2,1H3,(H,21,22,26). The first kappa shape index (κ1) is 19.3. The van der Waals surface area contributed by atoms with Crippen LogP contribution in [0, 0.1) is 0 Å². The summed E-state index contributed by atoms with van der Waals surface area (Å²) in [5, 5.41) is 0. The summed E-state index contributed by atoms with van der Waals surface area (Å²) < 4.78 is 10.7. The van der Waals surface area contributed by atoms with Gasteiger partial charge in [0, 0.05) is 45.5 Å². The second kappa shape index (κ2) is 8.52. The summed E-state index contributed by atoms with van der Waals surface area (Å²) in [5.41, 5.74) is 0.726. The van der Waals surface area contributed by atoms with E-state index in [1.165, 1.54) is 6.20 Å². The molecule has 29 heavy (non-hydrogen) atoms. The lowest BCUT2D eigenvalue weighted by Gasteiger charge is -2.36.